The molecule has 1 amide bonds. The molecule has 1 aromatic heterocycles. The van der Waals surface area contributed by atoms with Crippen LogP contribution in [0.4, 0.5) is 0 Å². The first-order valence-electron chi connectivity index (χ1n) is 6.96. The van der Waals surface area contributed by atoms with Crippen LogP contribution >= 0.6 is 22.9 Å². The van der Waals surface area contributed by atoms with Crippen LogP contribution in [0.1, 0.15) is 16.6 Å². The molecule has 0 saturated heterocycles. The van der Waals surface area contributed by atoms with Crippen LogP contribution in [0.25, 0.3) is 10.4 Å². The van der Waals surface area contributed by atoms with Crippen molar-refractivity contribution in [2.24, 2.45) is 0 Å². The molecule has 0 aliphatic rings. The molecule has 0 unspecified atom stereocenters. The first-order valence-corrected chi connectivity index (χ1v) is 8.16. The van der Waals surface area contributed by atoms with Crippen molar-refractivity contribution >= 4 is 34.8 Å². The van der Waals surface area contributed by atoms with Crippen molar-refractivity contribution in [2.45, 2.75) is 13.0 Å². The number of carbonyl (C=O) groups is 2. The molecule has 1 heterocycles. The van der Waals surface area contributed by atoms with E-state index in [1.165, 1.54) is 18.3 Å². The maximum Gasteiger partial charge on any atom is 0.349 e. The number of rotatable bonds is 6. The molecule has 23 heavy (non-hydrogen) atoms. The second-order valence-corrected chi connectivity index (χ2v) is 6.27. The van der Waals surface area contributed by atoms with E-state index in [1.54, 1.807) is 24.3 Å². The summed E-state index contributed by atoms with van der Waals surface area (Å²) in [6.45, 7) is 5.37. The van der Waals surface area contributed by atoms with E-state index in [1.807, 2.05) is 18.2 Å². The number of amides is 1. The van der Waals surface area contributed by atoms with Crippen molar-refractivity contribution in [1.29, 1.82) is 0 Å². The van der Waals surface area contributed by atoms with Crippen molar-refractivity contribution in [2.75, 3.05) is 6.54 Å². The molecule has 0 radical (unpaired) electrons. The second-order valence-electron chi connectivity index (χ2n) is 4.75. The molecule has 2 aromatic rings. The molecule has 0 saturated carbocycles. The fourth-order valence-corrected chi connectivity index (χ4v) is 2.83. The van der Waals surface area contributed by atoms with Crippen LogP contribution in [0.3, 0.4) is 0 Å². The lowest BCUT2D eigenvalue weighted by Crippen LogP contribution is -2.35. The van der Waals surface area contributed by atoms with Crippen molar-refractivity contribution in [3.05, 3.63) is 59.0 Å². The summed E-state index contributed by atoms with van der Waals surface area (Å²) in [5, 5.41) is 3.24. The number of halogens is 1. The number of carbonyl (C=O) groups excluding carboxylic acids is 2. The highest BCUT2D eigenvalue weighted by atomic mass is 35.5. The lowest BCUT2D eigenvalue weighted by atomic mass is 10.2. The van der Waals surface area contributed by atoms with Gasteiger partial charge in [0.05, 0.1) is 0 Å². The fourth-order valence-electron chi connectivity index (χ4n) is 1.81. The van der Waals surface area contributed by atoms with E-state index >= 15 is 0 Å². The highest BCUT2D eigenvalue weighted by Crippen LogP contribution is 2.29. The topological polar surface area (TPSA) is 55.4 Å². The molecular weight excluding hydrogens is 334 g/mol. The van der Waals surface area contributed by atoms with Gasteiger partial charge in [-0.1, -0.05) is 29.8 Å². The number of thiophene rings is 1. The maximum absolute atomic E-state index is 12.1. The molecule has 1 atom stereocenters. The van der Waals surface area contributed by atoms with Gasteiger partial charge in [0.15, 0.2) is 6.10 Å². The maximum atomic E-state index is 12.1. The summed E-state index contributed by atoms with van der Waals surface area (Å²) >= 11 is 7.17. The number of esters is 1. The summed E-state index contributed by atoms with van der Waals surface area (Å²) in [5.41, 5.74) is 0.968. The standard InChI is InChI=1S/C17H16ClNO3S/c1-3-10-19-16(20)11(2)22-17(21)15-9-8-14(23-15)12-4-6-13(18)7-5-12/h3-9,11H,1,10H2,2H3,(H,19,20)/t11-/m0/s1. The first kappa shape index (κ1) is 17.2. The smallest absolute Gasteiger partial charge is 0.349 e. The zero-order chi connectivity index (χ0) is 16.8. The summed E-state index contributed by atoms with van der Waals surface area (Å²) in [5.74, 6) is -0.871. The SMILES string of the molecule is C=CCNC(=O)[C@H](C)OC(=O)c1ccc(-c2ccc(Cl)cc2)s1. The van der Waals surface area contributed by atoms with Crippen LogP contribution in [0.2, 0.25) is 5.02 Å². The Bertz CT molecular complexity index is 709. The highest BCUT2D eigenvalue weighted by molar-refractivity contribution is 7.17. The Morgan fingerprint density at radius 3 is 2.65 bits per heavy atom. The third-order valence-electron chi connectivity index (χ3n) is 3.01. The molecule has 0 bridgehead atoms. The molecule has 0 aliphatic carbocycles. The van der Waals surface area contributed by atoms with Crippen molar-refractivity contribution in [3.8, 4) is 10.4 Å². The van der Waals surface area contributed by atoms with Gasteiger partial charge in [-0.05, 0) is 36.8 Å². The molecule has 0 fully saturated rings. The van der Waals surface area contributed by atoms with Gasteiger partial charge < -0.3 is 10.1 Å². The third kappa shape index (κ3) is 4.68. The Labute approximate surface area is 143 Å². The Morgan fingerprint density at radius 1 is 1.30 bits per heavy atom. The average molecular weight is 350 g/mol. The molecule has 1 aromatic carbocycles. The van der Waals surface area contributed by atoms with E-state index in [0.29, 0.717) is 16.4 Å². The Morgan fingerprint density at radius 2 is 2.00 bits per heavy atom. The number of benzene rings is 1. The molecule has 6 heteroatoms. The van der Waals surface area contributed by atoms with Gasteiger partial charge >= 0.3 is 5.97 Å². The zero-order valence-electron chi connectivity index (χ0n) is 12.5. The van der Waals surface area contributed by atoms with Crippen molar-refractivity contribution in [3.63, 3.8) is 0 Å². The van der Waals surface area contributed by atoms with Crippen LogP contribution < -0.4 is 5.32 Å². The van der Waals surface area contributed by atoms with Gasteiger partial charge in [0.1, 0.15) is 4.88 Å². The molecular formula is C17H16ClNO3S. The van der Waals surface area contributed by atoms with E-state index in [0.717, 1.165) is 10.4 Å². The number of hydrogen-bond acceptors (Lipinski definition) is 4. The van der Waals surface area contributed by atoms with Crippen LogP contribution in [-0.2, 0) is 9.53 Å². The summed E-state index contributed by atoms with van der Waals surface area (Å²) in [4.78, 5) is 25.2. The lowest BCUT2D eigenvalue weighted by Gasteiger charge is -2.11. The molecule has 120 valence electrons. The monoisotopic (exact) mass is 349 g/mol. The average Bonchev–Trinajstić information content (AvgIpc) is 3.03. The molecule has 2 rings (SSSR count). The predicted molar refractivity (Wildman–Crippen MR) is 92.8 cm³/mol. The predicted octanol–water partition coefficient (Wildman–Crippen LogP) is 3.92. The highest BCUT2D eigenvalue weighted by Gasteiger charge is 2.19. The van der Waals surface area contributed by atoms with Gasteiger partial charge in [-0.15, -0.1) is 17.9 Å². The van der Waals surface area contributed by atoms with Crippen LogP contribution in [-0.4, -0.2) is 24.5 Å². The lowest BCUT2D eigenvalue weighted by molar-refractivity contribution is -0.128. The first-order chi connectivity index (χ1) is 11.0. The van der Waals surface area contributed by atoms with Crippen LogP contribution in [0.5, 0.6) is 0 Å². The minimum absolute atomic E-state index is 0.334. The normalized spacial score (nSPS) is 11.6. The number of nitrogens with one attached hydrogen (secondary N) is 1. The summed E-state index contributed by atoms with van der Waals surface area (Å²) in [6, 6.07) is 10.9. The van der Waals surface area contributed by atoms with Gasteiger partial charge in [-0.3, -0.25) is 4.79 Å². The van der Waals surface area contributed by atoms with Gasteiger partial charge in [-0.25, -0.2) is 4.79 Å². The van der Waals surface area contributed by atoms with Gasteiger partial charge in [0, 0.05) is 16.4 Å². The van der Waals surface area contributed by atoms with Crippen molar-refractivity contribution in [1.82, 2.24) is 5.32 Å². The molecule has 1 N–H and O–H groups in total. The van der Waals surface area contributed by atoms with Gasteiger partial charge in [0.25, 0.3) is 5.91 Å². The van der Waals surface area contributed by atoms with E-state index in [-0.39, 0.29) is 5.91 Å². The summed E-state index contributed by atoms with van der Waals surface area (Å²) in [6.07, 6.45) is 0.702. The minimum Gasteiger partial charge on any atom is -0.448 e. The fraction of sp³-hybridized carbons (Fsp3) is 0.176. The summed E-state index contributed by atoms with van der Waals surface area (Å²) in [7, 11) is 0. The van der Waals surface area contributed by atoms with Crippen LogP contribution in [0, 0.1) is 0 Å². The van der Waals surface area contributed by atoms with E-state index in [4.69, 9.17) is 16.3 Å². The Balaban J connectivity index is 2.02. The largest absolute Gasteiger partial charge is 0.448 e. The van der Waals surface area contributed by atoms with E-state index in [9.17, 15) is 9.59 Å². The molecule has 4 nitrogen and oxygen atoms in total. The number of ether oxygens (including phenoxy) is 1. The van der Waals surface area contributed by atoms with Gasteiger partial charge in [0.2, 0.25) is 0 Å². The Kier molecular flexibility index (Phi) is 5.96. The van der Waals surface area contributed by atoms with E-state index < -0.39 is 12.1 Å². The number of hydrogen-bond donors (Lipinski definition) is 1. The van der Waals surface area contributed by atoms with Crippen LogP contribution in [0.15, 0.2) is 49.1 Å². The van der Waals surface area contributed by atoms with Crippen molar-refractivity contribution < 1.29 is 14.3 Å². The second kappa shape index (κ2) is 7.94. The van der Waals surface area contributed by atoms with E-state index in [2.05, 4.69) is 11.9 Å². The minimum atomic E-state index is -0.858. The van der Waals surface area contributed by atoms with Gasteiger partial charge in [-0.2, -0.15) is 0 Å². The Hall–Kier alpha value is -2.11. The quantitative estimate of drug-likeness (QED) is 0.635. The molecule has 0 aliphatic heterocycles. The molecule has 0 spiro atoms. The zero-order valence-corrected chi connectivity index (χ0v) is 14.1. The summed E-state index contributed by atoms with van der Waals surface area (Å²) < 4.78 is 5.17. The third-order valence-corrected chi connectivity index (χ3v) is 4.38.